The van der Waals surface area contributed by atoms with Gasteiger partial charge in [0, 0.05) is 44.5 Å². The molecule has 0 spiro atoms. The zero-order chi connectivity index (χ0) is 14.8. The molecule has 0 atom stereocenters. The minimum Gasteiger partial charge on any atom is -0.359 e. The predicted octanol–water partition coefficient (Wildman–Crippen LogP) is 3.04. The molecule has 1 fully saturated rings. The number of hydrogen-bond acceptors (Lipinski definition) is 4. The minimum atomic E-state index is 0.518. The van der Waals surface area contributed by atoms with E-state index in [1.165, 1.54) is 12.8 Å². The fourth-order valence-corrected chi connectivity index (χ4v) is 2.56. The van der Waals surface area contributed by atoms with E-state index in [0.29, 0.717) is 11.1 Å². The number of aromatic nitrogens is 4. The van der Waals surface area contributed by atoms with Crippen molar-refractivity contribution >= 4 is 17.4 Å². The molecule has 1 aliphatic carbocycles. The molecule has 0 unspecified atom stereocenters. The third kappa shape index (κ3) is 3.53. The molecule has 3 rings (SSSR count). The van der Waals surface area contributed by atoms with Gasteiger partial charge in [-0.3, -0.25) is 0 Å². The van der Waals surface area contributed by atoms with E-state index in [9.17, 15) is 0 Å². The van der Waals surface area contributed by atoms with E-state index in [1.54, 1.807) is 0 Å². The smallest absolute Gasteiger partial charge is 0.135 e. The minimum absolute atomic E-state index is 0.518. The van der Waals surface area contributed by atoms with Crippen molar-refractivity contribution in [2.24, 2.45) is 0 Å². The van der Waals surface area contributed by atoms with Crippen molar-refractivity contribution in [3.63, 3.8) is 0 Å². The van der Waals surface area contributed by atoms with Gasteiger partial charge in [-0.25, -0.2) is 15.0 Å². The van der Waals surface area contributed by atoms with Crippen LogP contribution in [0.3, 0.4) is 0 Å². The Morgan fingerprint density at radius 1 is 1.38 bits per heavy atom. The summed E-state index contributed by atoms with van der Waals surface area (Å²) in [5.74, 6) is 3.39. The maximum absolute atomic E-state index is 6.11. The van der Waals surface area contributed by atoms with Gasteiger partial charge in [-0.1, -0.05) is 11.6 Å². The molecule has 2 aromatic heterocycles. The molecule has 0 aliphatic heterocycles. The van der Waals surface area contributed by atoms with Crippen LogP contribution in [0.1, 0.15) is 36.8 Å². The second-order valence-corrected chi connectivity index (χ2v) is 6.01. The molecule has 0 bridgehead atoms. The molecule has 0 saturated heterocycles. The van der Waals surface area contributed by atoms with Crippen molar-refractivity contribution < 1.29 is 0 Å². The van der Waals surface area contributed by atoms with Crippen LogP contribution < -0.4 is 4.90 Å². The summed E-state index contributed by atoms with van der Waals surface area (Å²) in [7, 11) is 2.05. The average Bonchev–Trinajstić information content (AvgIpc) is 3.23. The number of imidazole rings is 1. The van der Waals surface area contributed by atoms with Crippen LogP contribution in [-0.4, -0.2) is 33.1 Å². The fourth-order valence-electron chi connectivity index (χ4n) is 2.38. The number of anilines is 1. The van der Waals surface area contributed by atoms with Gasteiger partial charge in [0.2, 0.25) is 0 Å². The third-order valence-corrected chi connectivity index (χ3v) is 4.04. The van der Waals surface area contributed by atoms with Gasteiger partial charge in [0.25, 0.3) is 0 Å². The Labute approximate surface area is 130 Å². The van der Waals surface area contributed by atoms with E-state index in [-0.39, 0.29) is 0 Å². The number of halogens is 1. The molecule has 5 nitrogen and oxygen atoms in total. The van der Waals surface area contributed by atoms with Crippen molar-refractivity contribution in [1.29, 1.82) is 0 Å². The van der Waals surface area contributed by atoms with Gasteiger partial charge in [0.15, 0.2) is 0 Å². The van der Waals surface area contributed by atoms with Crippen LogP contribution >= 0.6 is 11.6 Å². The highest BCUT2D eigenvalue weighted by Gasteiger charge is 2.27. The Kier molecular flexibility index (Phi) is 4.10. The van der Waals surface area contributed by atoms with Crippen LogP contribution in [0.4, 0.5) is 5.82 Å². The van der Waals surface area contributed by atoms with Gasteiger partial charge in [0.05, 0.1) is 0 Å². The van der Waals surface area contributed by atoms with Crippen LogP contribution in [0.5, 0.6) is 0 Å². The quantitative estimate of drug-likeness (QED) is 0.770. The Morgan fingerprint density at radius 2 is 2.19 bits per heavy atom. The van der Waals surface area contributed by atoms with Crippen molar-refractivity contribution in [3.8, 4) is 0 Å². The van der Waals surface area contributed by atoms with Crippen LogP contribution in [-0.2, 0) is 6.54 Å². The van der Waals surface area contributed by atoms with Gasteiger partial charge in [0.1, 0.15) is 22.6 Å². The van der Waals surface area contributed by atoms with Crippen molar-refractivity contribution in [2.75, 3.05) is 18.5 Å². The molecule has 112 valence electrons. The summed E-state index contributed by atoms with van der Waals surface area (Å²) >= 11 is 6.11. The molecule has 1 aliphatic rings. The van der Waals surface area contributed by atoms with Crippen molar-refractivity contribution in [1.82, 2.24) is 19.5 Å². The van der Waals surface area contributed by atoms with E-state index in [4.69, 9.17) is 11.6 Å². The summed E-state index contributed by atoms with van der Waals surface area (Å²) in [5, 5.41) is 0.541. The molecule has 1 saturated carbocycles. The van der Waals surface area contributed by atoms with Crippen molar-refractivity contribution in [3.05, 3.63) is 35.3 Å². The van der Waals surface area contributed by atoms with E-state index in [1.807, 2.05) is 25.4 Å². The molecule has 0 aromatic carbocycles. The Hall–Kier alpha value is -1.62. The summed E-state index contributed by atoms with van der Waals surface area (Å²) in [4.78, 5) is 15.3. The summed E-state index contributed by atoms with van der Waals surface area (Å²) in [5.41, 5.74) is 0. The first-order valence-electron chi connectivity index (χ1n) is 7.37. The van der Waals surface area contributed by atoms with E-state index >= 15 is 0 Å². The zero-order valence-corrected chi connectivity index (χ0v) is 13.2. The molecule has 2 heterocycles. The van der Waals surface area contributed by atoms with Crippen LogP contribution in [0.15, 0.2) is 18.5 Å². The molecular weight excluding hydrogens is 286 g/mol. The lowest BCUT2D eigenvalue weighted by atomic mass is 10.3. The molecular formula is C15H20ClN5. The van der Waals surface area contributed by atoms with E-state index in [2.05, 4.69) is 31.5 Å². The van der Waals surface area contributed by atoms with Gasteiger partial charge in [-0.2, -0.15) is 0 Å². The van der Waals surface area contributed by atoms with Gasteiger partial charge < -0.3 is 9.47 Å². The average molecular weight is 306 g/mol. The number of hydrogen-bond donors (Lipinski definition) is 0. The first-order chi connectivity index (χ1) is 10.1. The first-order valence-corrected chi connectivity index (χ1v) is 7.74. The molecule has 6 heteroatoms. The van der Waals surface area contributed by atoms with Crippen LogP contribution in [0.2, 0.25) is 5.15 Å². The highest BCUT2D eigenvalue weighted by atomic mass is 35.5. The van der Waals surface area contributed by atoms with Crippen LogP contribution in [0, 0.1) is 6.92 Å². The van der Waals surface area contributed by atoms with E-state index in [0.717, 1.165) is 37.0 Å². The van der Waals surface area contributed by atoms with Gasteiger partial charge >= 0.3 is 0 Å². The first kappa shape index (κ1) is 14.3. The third-order valence-electron chi connectivity index (χ3n) is 3.85. The highest BCUT2D eigenvalue weighted by Crippen LogP contribution is 2.39. The Bertz CT molecular complexity index is 620. The fraction of sp³-hybridized carbons (Fsp3) is 0.533. The normalized spacial score (nSPS) is 14.4. The molecule has 21 heavy (non-hydrogen) atoms. The Morgan fingerprint density at radius 3 is 2.86 bits per heavy atom. The van der Waals surface area contributed by atoms with Crippen LogP contribution in [0.25, 0.3) is 0 Å². The molecule has 0 radical (unpaired) electrons. The summed E-state index contributed by atoms with van der Waals surface area (Å²) < 4.78 is 2.16. The maximum Gasteiger partial charge on any atom is 0.135 e. The van der Waals surface area contributed by atoms with E-state index < -0.39 is 0 Å². The predicted molar refractivity (Wildman–Crippen MR) is 83.9 cm³/mol. The summed E-state index contributed by atoms with van der Waals surface area (Å²) in [6.07, 6.45) is 7.26. The molecule has 2 aromatic rings. The Balaban J connectivity index is 1.60. The topological polar surface area (TPSA) is 46.8 Å². The number of rotatable bonds is 6. The van der Waals surface area contributed by atoms with Crippen molar-refractivity contribution in [2.45, 2.75) is 38.6 Å². The SMILES string of the molecule is Cc1nccn1CCCN(C)c1cc(Cl)nc(C2CC2)n1. The highest BCUT2D eigenvalue weighted by molar-refractivity contribution is 6.29. The van der Waals surface area contributed by atoms with Gasteiger partial charge in [-0.05, 0) is 26.2 Å². The standard InChI is InChI=1S/C15H20ClN5/c1-11-17-6-9-21(11)8-3-7-20(2)14-10-13(16)18-15(19-14)12-4-5-12/h6,9-10,12H,3-5,7-8H2,1-2H3. The maximum atomic E-state index is 6.11. The van der Waals surface area contributed by atoms with Gasteiger partial charge in [-0.15, -0.1) is 0 Å². The summed E-state index contributed by atoms with van der Waals surface area (Å²) in [6.45, 7) is 3.91. The lowest BCUT2D eigenvalue weighted by molar-refractivity contribution is 0.620. The second-order valence-electron chi connectivity index (χ2n) is 5.62. The molecule has 0 amide bonds. The largest absolute Gasteiger partial charge is 0.359 e. The lowest BCUT2D eigenvalue weighted by Gasteiger charge is -2.19. The monoisotopic (exact) mass is 305 g/mol. The number of nitrogens with zero attached hydrogens (tertiary/aromatic N) is 5. The summed E-state index contributed by atoms with van der Waals surface area (Å²) in [6, 6.07) is 1.84. The zero-order valence-electron chi connectivity index (χ0n) is 12.5. The molecule has 0 N–H and O–H groups in total. The lowest BCUT2D eigenvalue weighted by Crippen LogP contribution is -2.21. The number of aryl methyl sites for hydroxylation is 2. The second kappa shape index (κ2) is 6.02.